The van der Waals surface area contributed by atoms with Gasteiger partial charge < -0.3 is 61.3 Å². The van der Waals surface area contributed by atoms with Gasteiger partial charge in [-0.05, 0) is 44.7 Å². The van der Waals surface area contributed by atoms with E-state index in [1.807, 2.05) is 27.7 Å². The van der Waals surface area contributed by atoms with Gasteiger partial charge in [0.1, 0.15) is 17.2 Å². The van der Waals surface area contributed by atoms with Crippen molar-refractivity contribution in [1.29, 1.82) is 0 Å². The van der Waals surface area contributed by atoms with Crippen LogP contribution in [-0.2, 0) is 47.0 Å². The van der Waals surface area contributed by atoms with E-state index in [0.29, 0.717) is 0 Å². The molecule has 9 atom stereocenters. The summed E-state index contributed by atoms with van der Waals surface area (Å²) in [6.45, 7) is 13.9. The maximum Gasteiger partial charge on any atom is 0.312 e. The molecule has 1 radical (unpaired) electrons. The Bertz CT molecular complexity index is 1810. The van der Waals surface area contributed by atoms with Gasteiger partial charge in [0.05, 0.1) is 46.8 Å². The zero-order valence-electron chi connectivity index (χ0n) is 32.9. The van der Waals surface area contributed by atoms with Crippen LogP contribution in [0.2, 0.25) is 0 Å². The SMILES string of the molecule is CN.C[N-]/N=C/c1c2c(O)c3c(O)c(C)c4c(c3c1O)C(=O)[C@@](C)(O/C=C/[C@H](OC)[C@@H](C)[C@@H](C)[C@H](C)[C@H](O)[C@H](C)[C@@H](O)[C@@H](C)/C=C/C=C(/C)C(=O)N2)O4.[Y]. The van der Waals surface area contributed by atoms with Crippen LogP contribution in [0.5, 0.6) is 23.0 Å². The Kier molecular flexibility index (Phi) is 16.7. The number of nitrogens with zero attached hydrogens (tertiary/aromatic N) is 2. The number of allylic oxidation sites excluding steroid dienone is 2. The van der Waals surface area contributed by atoms with Crippen molar-refractivity contribution in [3.8, 4) is 23.0 Å². The fraction of sp³-hybridized carbons (Fsp3) is 0.513. The largest absolute Gasteiger partial charge is 0.605 e. The van der Waals surface area contributed by atoms with Gasteiger partial charge in [0.15, 0.2) is 5.75 Å². The summed E-state index contributed by atoms with van der Waals surface area (Å²) in [4.78, 5) is 27.5. The van der Waals surface area contributed by atoms with Gasteiger partial charge in [-0.25, -0.2) is 0 Å². The standard InChI is InChI=1S/C38H51N3O10.CH5N.Y/c1-17-12-11-13-18(2)37(48)41-29-24(16-40-39-9)33(45)26-27(34(29)46)32(44)23(7)35-28(26)36(47)38(8,51-35)50-15-14-25(49-10)20(4)19(3)21(5)31(43)22(6)30(17)42;1-2;/h11-17,19-22,25,30-31,42-43H,1-10H3,(H5,39,40,41,44,45,46,47,48);2H2,1H3;/p-1/b12-11+,15-14+,18-13-;;/t17-,19+,20-,21-,22+,25-,30-,31-,38-;;/m0../s1. The Morgan fingerprint density at radius 1 is 0.926 bits per heavy atom. The van der Waals surface area contributed by atoms with E-state index in [-0.39, 0.29) is 101 Å². The molecule has 1 amide bonds. The number of aliphatic hydroxyl groups is 2. The molecule has 3 aliphatic rings. The summed E-state index contributed by atoms with van der Waals surface area (Å²) in [6.07, 6.45) is 6.61. The van der Waals surface area contributed by atoms with Gasteiger partial charge in [-0.1, -0.05) is 52.8 Å². The van der Waals surface area contributed by atoms with Crippen LogP contribution in [0.4, 0.5) is 5.69 Å². The van der Waals surface area contributed by atoms with Crippen LogP contribution in [-0.4, -0.2) is 88.7 Å². The molecular formula is C39H55N4O10Y-. The number of ether oxygens (including phenoxy) is 3. The number of carbonyl (C=O) groups is 2. The molecule has 0 aliphatic carbocycles. The molecule has 3 heterocycles. The number of Topliss-reactive ketones (excluding diaryl/α,β-unsaturated/α-hetero) is 1. The molecule has 15 heteroatoms. The van der Waals surface area contributed by atoms with Crippen LogP contribution >= 0.6 is 0 Å². The second-order valence-electron chi connectivity index (χ2n) is 13.8. The van der Waals surface area contributed by atoms with Crippen LogP contribution in [0, 0.1) is 36.5 Å². The number of amides is 1. The molecule has 0 saturated carbocycles. The smallest absolute Gasteiger partial charge is 0.312 e. The summed E-state index contributed by atoms with van der Waals surface area (Å²) in [5.74, 6) is -6.48. The first kappa shape index (κ1) is 46.6. The molecule has 14 nitrogen and oxygen atoms in total. The fourth-order valence-electron chi connectivity index (χ4n) is 6.81. The average molecular weight is 829 g/mol. The van der Waals surface area contributed by atoms with Crippen LogP contribution in [0.3, 0.4) is 0 Å². The minimum absolute atomic E-state index is 0. The number of aromatic hydroxyl groups is 3. The summed E-state index contributed by atoms with van der Waals surface area (Å²) in [5.41, 5.74) is 7.83. The van der Waals surface area contributed by atoms with Crippen molar-refractivity contribution in [3.05, 3.63) is 58.3 Å². The Hall–Kier alpha value is -3.53. The third kappa shape index (κ3) is 8.95. The molecule has 5 rings (SSSR count). The molecule has 2 aromatic rings. The molecular weight excluding hydrogens is 773 g/mol. The summed E-state index contributed by atoms with van der Waals surface area (Å²) in [5, 5.41) is 63.0. The maximum atomic E-state index is 14.1. The molecule has 0 spiro atoms. The van der Waals surface area contributed by atoms with Gasteiger partial charge in [-0.3, -0.25) is 9.59 Å². The van der Waals surface area contributed by atoms with E-state index in [4.69, 9.17) is 14.2 Å². The van der Waals surface area contributed by atoms with Crippen molar-refractivity contribution in [3.63, 3.8) is 0 Å². The number of ketones is 1. The third-order valence-corrected chi connectivity index (χ3v) is 10.7. The number of hydrogen-bond acceptors (Lipinski definition) is 12. The monoisotopic (exact) mass is 828 g/mol. The number of anilines is 1. The van der Waals surface area contributed by atoms with Crippen molar-refractivity contribution < 1.29 is 82.0 Å². The number of rotatable bonds is 3. The van der Waals surface area contributed by atoms with E-state index in [0.717, 1.165) is 6.21 Å². The summed E-state index contributed by atoms with van der Waals surface area (Å²) in [6, 6.07) is 0. The van der Waals surface area contributed by atoms with E-state index < -0.39 is 59.0 Å². The quantitative estimate of drug-likeness (QED) is 0.0901. The zero-order chi connectivity index (χ0) is 40.1. The molecule has 0 saturated heterocycles. The van der Waals surface area contributed by atoms with Gasteiger partial charge in [0, 0.05) is 81.3 Å². The van der Waals surface area contributed by atoms with E-state index in [1.54, 1.807) is 25.2 Å². The number of nitrogens with one attached hydrogen (secondary N) is 1. The molecule has 3 aliphatic heterocycles. The number of phenols is 3. The first-order chi connectivity index (χ1) is 24.9. The van der Waals surface area contributed by atoms with E-state index in [2.05, 4.69) is 21.6 Å². The van der Waals surface area contributed by atoms with E-state index >= 15 is 0 Å². The van der Waals surface area contributed by atoms with E-state index in [9.17, 15) is 35.1 Å². The van der Waals surface area contributed by atoms with Crippen molar-refractivity contribution in [2.45, 2.75) is 79.5 Å². The molecule has 0 aromatic heterocycles. The number of hydrogen-bond donors (Lipinski definition) is 7. The number of carbonyl (C=O) groups excluding carboxylic acids is 2. The number of aliphatic hydroxyl groups excluding tert-OH is 2. The molecule has 0 unspecified atom stereocenters. The van der Waals surface area contributed by atoms with Crippen molar-refractivity contribution in [2.75, 3.05) is 26.5 Å². The van der Waals surface area contributed by atoms with Crippen molar-refractivity contribution in [1.82, 2.24) is 0 Å². The Labute approximate surface area is 342 Å². The molecule has 54 heavy (non-hydrogen) atoms. The van der Waals surface area contributed by atoms with E-state index in [1.165, 1.54) is 54.3 Å². The number of methoxy groups -OCH3 is 1. The zero-order valence-corrected chi connectivity index (χ0v) is 35.7. The Balaban J connectivity index is 0.00000330. The van der Waals surface area contributed by atoms with Gasteiger partial charge in [-0.15, -0.1) is 7.05 Å². The minimum Gasteiger partial charge on any atom is -0.605 e. The Morgan fingerprint density at radius 2 is 1.56 bits per heavy atom. The topological polar surface area (TPSA) is 227 Å². The first-order valence-electron chi connectivity index (χ1n) is 17.5. The van der Waals surface area contributed by atoms with Crippen molar-refractivity contribution in [2.24, 2.45) is 40.4 Å². The number of fused-ring (bicyclic) bond motifs is 14. The van der Waals surface area contributed by atoms with Gasteiger partial charge >= 0.3 is 5.79 Å². The van der Waals surface area contributed by atoms with Crippen molar-refractivity contribution >= 4 is 34.4 Å². The van der Waals surface area contributed by atoms with Crippen LogP contribution in [0.15, 0.2) is 41.2 Å². The summed E-state index contributed by atoms with van der Waals surface area (Å²) < 4.78 is 17.7. The first-order valence-corrected chi connectivity index (χ1v) is 17.5. The van der Waals surface area contributed by atoms with Crippen LogP contribution in [0.25, 0.3) is 16.2 Å². The Morgan fingerprint density at radius 3 is 2.15 bits per heavy atom. The van der Waals surface area contributed by atoms with Crippen LogP contribution in [0.1, 0.15) is 70.0 Å². The average Bonchev–Trinajstić information content (AvgIpc) is 3.41. The van der Waals surface area contributed by atoms with Gasteiger partial charge in [-0.2, -0.15) is 0 Å². The minimum atomic E-state index is -1.95. The van der Waals surface area contributed by atoms with Crippen LogP contribution < -0.4 is 15.8 Å². The third-order valence-electron chi connectivity index (χ3n) is 10.7. The van der Waals surface area contributed by atoms with Gasteiger partial charge in [0.25, 0.3) is 11.7 Å². The summed E-state index contributed by atoms with van der Waals surface area (Å²) in [7, 11) is 4.42. The molecule has 295 valence electrons. The molecule has 2 aromatic carbocycles. The second kappa shape index (κ2) is 19.4. The predicted molar refractivity (Wildman–Crippen MR) is 204 cm³/mol. The second-order valence-corrected chi connectivity index (χ2v) is 13.8. The summed E-state index contributed by atoms with van der Waals surface area (Å²) >= 11 is 0. The number of nitrogens with two attached hydrogens (primary N) is 1. The fourth-order valence-corrected chi connectivity index (χ4v) is 6.81. The van der Waals surface area contributed by atoms with Gasteiger partial charge in [0.2, 0.25) is 0 Å². The molecule has 5 bridgehead atoms. The maximum absolute atomic E-state index is 14.1. The molecule has 0 fully saturated rings. The predicted octanol–water partition coefficient (Wildman–Crippen LogP) is 5.37. The number of phenolic OH excluding ortho intramolecular Hbond substituents is 3. The molecule has 8 N–H and O–H groups in total. The number of benzene rings is 2. The normalized spacial score (nSPS) is 31.3.